The van der Waals surface area contributed by atoms with Crippen molar-refractivity contribution in [3.63, 3.8) is 0 Å². The summed E-state index contributed by atoms with van der Waals surface area (Å²) in [7, 11) is 0. The van der Waals surface area contributed by atoms with Gasteiger partial charge in [-0.25, -0.2) is 0 Å². The summed E-state index contributed by atoms with van der Waals surface area (Å²) in [6.07, 6.45) is 1.27. The lowest BCUT2D eigenvalue weighted by Crippen LogP contribution is -2.26. The lowest BCUT2D eigenvalue weighted by Gasteiger charge is -2.30. The first-order valence-electron chi connectivity index (χ1n) is 13.0. The summed E-state index contributed by atoms with van der Waals surface area (Å²) in [6, 6.07) is 35.1. The van der Waals surface area contributed by atoms with Crippen LogP contribution in [0.5, 0.6) is 5.75 Å². The Kier molecular flexibility index (Phi) is 6.23. The number of fused-ring (bicyclic) bond motifs is 1. The monoisotopic (exact) mass is 486 g/mol. The van der Waals surface area contributed by atoms with Gasteiger partial charge in [-0.05, 0) is 65.8 Å². The normalized spacial score (nSPS) is 18.7. The van der Waals surface area contributed by atoms with Crippen LogP contribution in [0.1, 0.15) is 42.9 Å². The third-order valence-electron chi connectivity index (χ3n) is 7.32. The predicted molar refractivity (Wildman–Crippen MR) is 150 cm³/mol. The van der Waals surface area contributed by atoms with Crippen molar-refractivity contribution in [2.24, 2.45) is 0 Å². The Labute approximate surface area is 218 Å². The first kappa shape index (κ1) is 23.1. The maximum Gasteiger partial charge on any atom is 0.163 e. The fraction of sp³-hybridized carbons (Fsp3) is 0.182. The number of Topliss-reactive ketones (excluding diaryl/α,β-unsaturated/α-hetero) is 1. The van der Waals surface area contributed by atoms with Crippen molar-refractivity contribution in [2.75, 3.05) is 17.2 Å². The van der Waals surface area contributed by atoms with E-state index in [-0.39, 0.29) is 17.7 Å². The molecule has 1 heterocycles. The van der Waals surface area contributed by atoms with Crippen molar-refractivity contribution < 1.29 is 9.53 Å². The molecule has 4 aromatic carbocycles. The van der Waals surface area contributed by atoms with Crippen molar-refractivity contribution in [3.8, 4) is 16.9 Å². The Morgan fingerprint density at radius 2 is 1.38 bits per heavy atom. The Morgan fingerprint density at radius 3 is 2.11 bits per heavy atom. The molecule has 0 bridgehead atoms. The summed E-state index contributed by atoms with van der Waals surface area (Å²) >= 11 is 0. The third-order valence-corrected chi connectivity index (χ3v) is 7.32. The second-order valence-corrected chi connectivity index (χ2v) is 9.66. The van der Waals surface area contributed by atoms with Crippen LogP contribution in [0.25, 0.3) is 11.1 Å². The van der Waals surface area contributed by atoms with Crippen molar-refractivity contribution in [1.29, 1.82) is 0 Å². The molecule has 0 radical (unpaired) electrons. The summed E-state index contributed by atoms with van der Waals surface area (Å²) in [5.41, 5.74) is 8.43. The minimum Gasteiger partial charge on any atom is -0.494 e. The number of carbonyl (C=O) groups excluding carboxylic acids is 1. The number of hydrogen-bond donors (Lipinski definition) is 2. The molecule has 1 aliphatic carbocycles. The van der Waals surface area contributed by atoms with Gasteiger partial charge in [-0.15, -0.1) is 0 Å². The molecular formula is C33H30N2O2. The zero-order chi connectivity index (χ0) is 25.2. The summed E-state index contributed by atoms with van der Waals surface area (Å²) < 4.78 is 5.61. The Morgan fingerprint density at radius 1 is 0.730 bits per heavy atom. The molecule has 0 amide bonds. The van der Waals surface area contributed by atoms with Crippen LogP contribution >= 0.6 is 0 Å². The average molecular weight is 487 g/mol. The fourth-order valence-electron chi connectivity index (χ4n) is 5.48. The number of ether oxygens (including phenoxy) is 1. The van der Waals surface area contributed by atoms with E-state index < -0.39 is 0 Å². The molecule has 1 aliphatic heterocycles. The molecule has 0 fully saturated rings. The number of carbonyl (C=O) groups is 1. The maximum atomic E-state index is 13.8. The quantitative estimate of drug-likeness (QED) is 0.303. The van der Waals surface area contributed by atoms with Crippen LogP contribution in [-0.2, 0) is 4.79 Å². The van der Waals surface area contributed by atoms with E-state index in [2.05, 4.69) is 83.4 Å². The maximum absolute atomic E-state index is 13.8. The van der Waals surface area contributed by atoms with E-state index in [9.17, 15) is 4.79 Å². The highest BCUT2D eigenvalue weighted by Crippen LogP contribution is 2.44. The van der Waals surface area contributed by atoms with Gasteiger partial charge in [0.05, 0.1) is 24.0 Å². The number of rotatable bonds is 5. The predicted octanol–water partition coefficient (Wildman–Crippen LogP) is 7.73. The van der Waals surface area contributed by atoms with Crippen molar-refractivity contribution in [1.82, 2.24) is 0 Å². The molecule has 184 valence electrons. The average Bonchev–Trinajstić information content (AvgIpc) is 3.11. The third kappa shape index (κ3) is 4.63. The molecular weight excluding hydrogens is 456 g/mol. The molecule has 0 saturated heterocycles. The zero-order valence-electron chi connectivity index (χ0n) is 20.9. The molecule has 0 spiro atoms. The van der Waals surface area contributed by atoms with Crippen molar-refractivity contribution >= 4 is 17.2 Å². The van der Waals surface area contributed by atoms with Gasteiger partial charge in [-0.3, -0.25) is 4.79 Å². The number of benzene rings is 4. The summed E-state index contributed by atoms with van der Waals surface area (Å²) in [6.45, 7) is 2.62. The van der Waals surface area contributed by atoms with E-state index in [0.29, 0.717) is 13.0 Å². The molecule has 6 rings (SSSR count). The molecule has 4 nitrogen and oxygen atoms in total. The zero-order valence-corrected chi connectivity index (χ0v) is 20.9. The van der Waals surface area contributed by atoms with E-state index in [4.69, 9.17) is 4.74 Å². The number of allylic oxidation sites excluding steroid dienone is 1. The molecule has 2 unspecified atom stereocenters. The minimum absolute atomic E-state index is 0.126. The van der Waals surface area contributed by atoms with Crippen LogP contribution < -0.4 is 15.4 Å². The number of para-hydroxylation sites is 2. The summed E-state index contributed by atoms with van der Waals surface area (Å²) in [4.78, 5) is 13.8. The first-order chi connectivity index (χ1) is 18.2. The molecule has 0 aromatic heterocycles. The highest BCUT2D eigenvalue weighted by Gasteiger charge is 2.36. The van der Waals surface area contributed by atoms with Crippen LogP contribution in [-0.4, -0.2) is 12.4 Å². The van der Waals surface area contributed by atoms with E-state index in [1.54, 1.807) is 0 Å². The van der Waals surface area contributed by atoms with Gasteiger partial charge in [-0.2, -0.15) is 0 Å². The Balaban J connectivity index is 1.37. The largest absolute Gasteiger partial charge is 0.494 e. The number of nitrogens with one attached hydrogen (secondary N) is 2. The van der Waals surface area contributed by atoms with Crippen LogP contribution in [0.15, 0.2) is 114 Å². The van der Waals surface area contributed by atoms with Gasteiger partial charge < -0.3 is 15.4 Å². The van der Waals surface area contributed by atoms with Crippen LogP contribution in [0, 0.1) is 0 Å². The topological polar surface area (TPSA) is 50.4 Å². The fourth-order valence-corrected chi connectivity index (χ4v) is 5.48. The molecule has 37 heavy (non-hydrogen) atoms. The van der Waals surface area contributed by atoms with Crippen LogP contribution in [0.4, 0.5) is 11.4 Å². The molecule has 2 N–H and O–H groups in total. The first-order valence-corrected chi connectivity index (χ1v) is 13.0. The number of hydrogen-bond acceptors (Lipinski definition) is 4. The number of ketones is 1. The van der Waals surface area contributed by atoms with E-state index in [1.807, 2.05) is 37.3 Å². The molecule has 0 saturated carbocycles. The molecule has 2 atom stereocenters. The SMILES string of the molecule is CCOc1ccc(C2CC(=O)C3=C(C2)Nc2ccccc2NC3c2ccc(-c3ccccc3)cc2)cc1. The van der Waals surface area contributed by atoms with E-state index >= 15 is 0 Å². The summed E-state index contributed by atoms with van der Waals surface area (Å²) in [5, 5.41) is 7.31. The second kappa shape index (κ2) is 9.98. The standard InChI is InChI=1S/C33H30N2O2/c1-2-37-27-18-16-24(17-19-27)26-20-30-32(31(36)21-26)33(35-29-11-7-6-10-28(29)34-30)25-14-12-23(13-15-25)22-8-4-3-5-9-22/h3-19,26,33-35H,2,20-21H2,1H3. The van der Waals surface area contributed by atoms with Gasteiger partial charge >= 0.3 is 0 Å². The molecule has 2 aliphatic rings. The van der Waals surface area contributed by atoms with Gasteiger partial charge in [-0.1, -0.05) is 78.9 Å². The Bertz CT molecular complexity index is 1440. The van der Waals surface area contributed by atoms with Gasteiger partial charge in [0.1, 0.15) is 5.75 Å². The highest BCUT2D eigenvalue weighted by atomic mass is 16.5. The number of anilines is 2. The summed E-state index contributed by atoms with van der Waals surface area (Å²) in [5.74, 6) is 1.17. The van der Waals surface area contributed by atoms with E-state index in [0.717, 1.165) is 45.9 Å². The smallest absolute Gasteiger partial charge is 0.163 e. The lowest BCUT2D eigenvalue weighted by molar-refractivity contribution is -0.116. The van der Waals surface area contributed by atoms with Gasteiger partial charge in [0.15, 0.2) is 5.78 Å². The van der Waals surface area contributed by atoms with Gasteiger partial charge in [0.25, 0.3) is 0 Å². The second-order valence-electron chi connectivity index (χ2n) is 9.66. The minimum atomic E-state index is -0.218. The van der Waals surface area contributed by atoms with Crippen molar-refractivity contribution in [2.45, 2.75) is 31.7 Å². The Hall–Kier alpha value is -4.31. The van der Waals surface area contributed by atoms with Crippen molar-refractivity contribution in [3.05, 3.63) is 126 Å². The molecule has 4 heteroatoms. The molecule has 4 aromatic rings. The van der Waals surface area contributed by atoms with Crippen LogP contribution in [0.3, 0.4) is 0 Å². The van der Waals surface area contributed by atoms with Crippen LogP contribution in [0.2, 0.25) is 0 Å². The van der Waals surface area contributed by atoms with Gasteiger partial charge in [0.2, 0.25) is 0 Å². The van der Waals surface area contributed by atoms with E-state index in [1.165, 1.54) is 11.1 Å². The highest BCUT2D eigenvalue weighted by molar-refractivity contribution is 6.01. The lowest BCUT2D eigenvalue weighted by atomic mass is 9.78. The van der Waals surface area contributed by atoms with Gasteiger partial charge in [0, 0.05) is 17.7 Å².